The van der Waals surface area contributed by atoms with Gasteiger partial charge in [0.25, 0.3) is 0 Å². The van der Waals surface area contributed by atoms with Crippen LogP contribution in [0.4, 0.5) is 5.69 Å². The molecule has 4 rings (SSSR count). The lowest BCUT2D eigenvalue weighted by molar-refractivity contribution is 0.122. The lowest BCUT2D eigenvalue weighted by atomic mass is 9.80. The number of benzene rings is 1. The van der Waals surface area contributed by atoms with Gasteiger partial charge in [-0.05, 0) is 76.0 Å². The fourth-order valence-electron chi connectivity index (χ4n) is 4.77. The van der Waals surface area contributed by atoms with Gasteiger partial charge < -0.3 is 9.64 Å². The number of morpholine rings is 1. The molecule has 2 aliphatic heterocycles. The molecule has 1 aromatic carbocycles. The molecule has 170 valence electrons. The normalized spacial score (nSPS) is 25.3. The number of allylic oxidation sites excluding steroid dienone is 1. The molecule has 5 nitrogen and oxygen atoms in total. The summed E-state index contributed by atoms with van der Waals surface area (Å²) in [4.78, 5) is 7.35. The maximum absolute atomic E-state index is 12.5. The van der Waals surface area contributed by atoms with E-state index >= 15 is 0 Å². The van der Waals surface area contributed by atoms with Crippen LogP contribution in [0, 0.1) is 11.8 Å². The molecule has 0 spiro atoms. The Morgan fingerprint density at radius 2 is 1.68 bits per heavy atom. The van der Waals surface area contributed by atoms with Crippen LogP contribution in [0.3, 0.4) is 0 Å². The molecule has 1 aliphatic carbocycles. The Bertz CT molecular complexity index is 928. The second kappa shape index (κ2) is 9.07. The summed E-state index contributed by atoms with van der Waals surface area (Å²) in [5, 5.41) is 0. The lowest BCUT2D eigenvalue weighted by Gasteiger charge is -2.30. The van der Waals surface area contributed by atoms with Gasteiger partial charge in [0, 0.05) is 30.9 Å². The smallest absolute Gasteiger partial charge is 0.155 e. The van der Waals surface area contributed by atoms with E-state index in [4.69, 9.17) is 9.73 Å². The van der Waals surface area contributed by atoms with Gasteiger partial charge in [-0.1, -0.05) is 18.2 Å². The van der Waals surface area contributed by atoms with Gasteiger partial charge in [-0.25, -0.2) is 8.42 Å². The Morgan fingerprint density at radius 3 is 2.29 bits per heavy atom. The third-order valence-corrected chi connectivity index (χ3v) is 9.79. The first kappa shape index (κ1) is 22.5. The van der Waals surface area contributed by atoms with E-state index in [-0.39, 0.29) is 0 Å². The van der Waals surface area contributed by atoms with E-state index in [1.165, 1.54) is 17.0 Å². The Kier molecular flexibility index (Phi) is 6.59. The summed E-state index contributed by atoms with van der Waals surface area (Å²) in [5.41, 5.74) is 4.79. The Hall–Kier alpha value is -1.66. The molecular weight excluding hydrogens is 408 g/mol. The number of rotatable bonds is 5. The van der Waals surface area contributed by atoms with Gasteiger partial charge in [0.2, 0.25) is 0 Å². The zero-order chi connectivity index (χ0) is 22.1. The highest BCUT2D eigenvalue weighted by molar-refractivity contribution is 7.92. The molecule has 0 amide bonds. The van der Waals surface area contributed by atoms with Crippen molar-refractivity contribution in [1.29, 1.82) is 0 Å². The standard InChI is InChI=1S/C25H36N2O3S/c1-25(2,3)31(28,29)18-19-4-6-20(7-5-19)23-12-13-24(26-23)21-8-10-22(11-9-21)27-14-16-30-17-15-27/h8-11,13,19-20H,4-7,12,14-18H2,1-3H3. The fraction of sp³-hybridized carbons (Fsp3) is 0.640. The van der Waals surface area contributed by atoms with Crippen LogP contribution in [0.2, 0.25) is 0 Å². The molecule has 1 saturated carbocycles. The quantitative estimate of drug-likeness (QED) is 0.659. The summed E-state index contributed by atoms with van der Waals surface area (Å²) >= 11 is 0. The van der Waals surface area contributed by atoms with Crippen LogP contribution in [0.15, 0.2) is 35.3 Å². The van der Waals surface area contributed by atoms with Gasteiger partial charge in [0.05, 0.1) is 29.4 Å². The Balaban J connectivity index is 1.33. The molecule has 2 heterocycles. The van der Waals surface area contributed by atoms with E-state index in [0.717, 1.165) is 64.1 Å². The predicted octanol–water partition coefficient (Wildman–Crippen LogP) is 4.73. The van der Waals surface area contributed by atoms with Crippen LogP contribution in [-0.4, -0.2) is 50.9 Å². The molecule has 0 aromatic heterocycles. The van der Waals surface area contributed by atoms with E-state index in [1.54, 1.807) is 0 Å². The zero-order valence-electron chi connectivity index (χ0n) is 19.1. The third-order valence-electron chi connectivity index (χ3n) is 7.01. The molecule has 0 atom stereocenters. The van der Waals surface area contributed by atoms with Crippen molar-refractivity contribution in [3.63, 3.8) is 0 Å². The highest BCUT2D eigenvalue weighted by atomic mass is 32.2. The highest BCUT2D eigenvalue weighted by Crippen LogP contribution is 2.36. The number of aliphatic imine (C=N–C) groups is 1. The number of hydrogen-bond donors (Lipinski definition) is 0. The van der Waals surface area contributed by atoms with E-state index in [0.29, 0.717) is 17.6 Å². The van der Waals surface area contributed by atoms with Crippen LogP contribution in [0.25, 0.3) is 5.70 Å². The van der Waals surface area contributed by atoms with E-state index < -0.39 is 14.6 Å². The van der Waals surface area contributed by atoms with Crippen molar-refractivity contribution in [1.82, 2.24) is 0 Å². The second-order valence-corrected chi connectivity index (χ2v) is 12.9. The zero-order valence-corrected chi connectivity index (χ0v) is 20.0. The molecule has 0 N–H and O–H groups in total. The molecule has 0 bridgehead atoms. The minimum Gasteiger partial charge on any atom is -0.378 e. The number of ether oxygens (including phenoxy) is 1. The van der Waals surface area contributed by atoms with Crippen LogP contribution in [0.5, 0.6) is 0 Å². The van der Waals surface area contributed by atoms with Crippen molar-refractivity contribution in [2.24, 2.45) is 16.8 Å². The molecule has 31 heavy (non-hydrogen) atoms. The Morgan fingerprint density at radius 1 is 1.03 bits per heavy atom. The van der Waals surface area contributed by atoms with E-state index in [1.807, 2.05) is 20.8 Å². The average Bonchev–Trinajstić information content (AvgIpc) is 3.24. The molecule has 1 aromatic rings. The van der Waals surface area contributed by atoms with Crippen molar-refractivity contribution in [2.75, 3.05) is 37.0 Å². The molecule has 0 unspecified atom stereocenters. The molecule has 3 aliphatic rings. The van der Waals surface area contributed by atoms with Crippen molar-refractivity contribution < 1.29 is 13.2 Å². The molecule has 6 heteroatoms. The summed E-state index contributed by atoms with van der Waals surface area (Å²) in [5.74, 6) is 1.12. The van der Waals surface area contributed by atoms with Crippen molar-refractivity contribution >= 4 is 26.9 Å². The minimum atomic E-state index is -3.04. The first-order chi connectivity index (χ1) is 14.7. The van der Waals surface area contributed by atoms with Crippen LogP contribution in [-0.2, 0) is 14.6 Å². The van der Waals surface area contributed by atoms with Gasteiger partial charge in [-0.2, -0.15) is 0 Å². The van der Waals surface area contributed by atoms with Crippen molar-refractivity contribution in [3.05, 3.63) is 35.9 Å². The first-order valence-corrected chi connectivity index (χ1v) is 13.3. The van der Waals surface area contributed by atoms with E-state index in [9.17, 15) is 8.42 Å². The topological polar surface area (TPSA) is 59.0 Å². The van der Waals surface area contributed by atoms with Gasteiger partial charge in [-0.15, -0.1) is 0 Å². The predicted molar refractivity (Wildman–Crippen MR) is 128 cm³/mol. The van der Waals surface area contributed by atoms with Crippen LogP contribution < -0.4 is 4.90 Å². The van der Waals surface area contributed by atoms with Crippen LogP contribution in [0.1, 0.15) is 58.4 Å². The highest BCUT2D eigenvalue weighted by Gasteiger charge is 2.34. The number of nitrogens with zero attached hydrogens (tertiary/aromatic N) is 2. The summed E-state index contributed by atoms with van der Waals surface area (Å²) in [6.45, 7) is 8.91. The lowest BCUT2D eigenvalue weighted by Crippen LogP contribution is -2.36. The summed E-state index contributed by atoms with van der Waals surface area (Å²) < 4.78 is 29.9. The van der Waals surface area contributed by atoms with Crippen LogP contribution >= 0.6 is 0 Å². The monoisotopic (exact) mass is 444 g/mol. The summed E-state index contributed by atoms with van der Waals surface area (Å²) in [7, 11) is -3.04. The van der Waals surface area contributed by atoms with Gasteiger partial charge in [-0.3, -0.25) is 4.99 Å². The van der Waals surface area contributed by atoms with Gasteiger partial charge in [0.1, 0.15) is 0 Å². The number of hydrogen-bond acceptors (Lipinski definition) is 5. The third kappa shape index (κ3) is 5.23. The van der Waals surface area contributed by atoms with Gasteiger partial charge in [0.15, 0.2) is 9.84 Å². The second-order valence-electron chi connectivity index (χ2n) is 10.2. The first-order valence-electron chi connectivity index (χ1n) is 11.7. The maximum atomic E-state index is 12.5. The maximum Gasteiger partial charge on any atom is 0.155 e. The Labute approximate surface area is 187 Å². The average molecular weight is 445 g/mol. The number of anilines is 1. The SMILES string of the molecule is CC(C)(C)S(=O)(=O)CC1CCC(C2=NC(c3ccc(N4CCOCC4)cc3)=CC2)CC1. The minimum absolute atomic E-state index is 0.294. The van der Waals surface area contributed by atoms with Crippen molar-refractivity contribution in [2.45, 2.75) is 57.6 Å². The van der Waals surface area contributed by atoms with Crippen molar-refractivity contribution in [3.8, 4) is 0 Å². The molecule has 1 saturated heterocycles. The molecule has 2 fully saturated rings. The largest absolute Gasteiger partial charge is 0.378 e. The fourth-order valence-corrected chi connectivity index (χ4v) is 6.23. The number of sulfone groups is 1. The summed E-state index contributed by atoms with van der Waals surface area (Å²) in [6, 6.07) is 8.74. The van der Waals surface area contributed by atoms with Gasteiger partial charge >= 0.3 is 0 Å². The molecule has 0 radical (unpaired) electrons. The molecular formula is C25H36N2O3S. The van der Waals surface area contributed by atoms with E-state index in [2.05, 4.69) is 35.2 Å². The summed E-state index contributed by atoms with van der Waals surface area (Å²) in [6.07, 6.45) is 7.26.